The van der Waals surface area contributed by atoms with Crippen LogP contribution in [0.3, 0.4) is 0 Å². The van der Waals surface area contributed by atoms with E-state index in [4.69, 9.17) is 0 Å². The summed E-state index contributed by atoms with van der Waals surface area (Å²) in [5.74, 6) is 0.0758. The number of nitrogens with zero attached hydrogens (tertiary/aromatic N) is 2. The van der Waals surface area contributed by atoms with Crippen LogP contribution in [0.4, 0.5) is 5.13 Å². The molecule has 0 aliphatic rings. The minimum absolute atomic E-state index is 0.0339. The van der Waals surface area contributed by atoms with Crippen LogP contribution in [-0.2, 0) is 21.2 Å². The van der Waals surface area contributed by atoms with Gasteiger partial charge in [-0.05, 0) is 6.92 Å². The van der Waals surface area contributed by atoms with Gasteiger partial charge in [0.2, 0.25) is 5.91 Å². The number of thiazole rings is 1. The quantitative estimate of drug-likeness (QED) is 0.748. The zero-order valence-corrected chi connectivity index (χ0v) is 13.0. The lowest BCUT2D eigenvalue weighted by Gasteiger charge is -2.14. The smallest absolute Gasteiger partial charge is 0.225 e. The van der Waals surface area contributed by atoms with Crippen LogP contribution in [0, 0.1) is 0 Å². The van der Waals surface area contributed by atoms with Crippen LogP contribution in [0.15, 0.2) is 5.38 Å². The SMILES string of the molecule is CCN(C(C)=O)c1nc(CNCCS(C)(=O)=O)cs1. The Kier molecular flexibility index (Phi) is 5.89. The van der Waals surface area contributed by atoms with Crippen molar-refractivity contribution in [1.29, 1.82) is 0 Å². The van der Waals surface area contributed by atoms with Gasteiger partial charge in [-0.25, -0.2) is 13.4 Å². The van der Waals surface area contributed by atoms with Crippen molar-refractivity contribution < 1.29 is 13.2 Å². The molecule has 1 N–H and O–H groups in total. The predicted octanol–water partition coefficient (Wildman–Crippen LogP) is 0.650. The molecule has 8 heteroatoms. The number of nitrogens with one attached hydrogen (secondary N) is 1. The van der Waals surface area contributed by atoms with E-state index in [9.17, 15) is 13.2 Å². The molecule has 0 fully saturated rings. The number of sulfone groups is 1. The highest BCUT2D eigenvalue weighted by Crippen LogP contribution is 2.20. The number of hydrogen-bond acceptors (Lipinski definition) is 6. The van der Waals surface area contributed by atoms with Crippen LogP contribution in [0.5, 0.6) is 0 Å². The highest BCUT2D eigenvalue weighted by atomic mass is 32.2. The van der Waals surface area contributed by atoms with Gasteiger partial charge in [-0.3, -0.25) is 9.69 Å². The fourth-order valence-corrected chi connectivity index (χ4v) is 2.92. The van der Waals surface area contributed by atoms with E-state index < -0.39 is 9.84 Å². The number of hydrogen-bond donors (Lipinski definition) is 1. The molecular formula is C11H19N3O3S2. The van der Waals surface area contributed by atoms with Crippen LogP contribution in [0.1, 0.15) is 19.5 Å². The summed E-state index contributed by atoms with van der Waals surface area (Å²) >= 11 is 1.41. The fraction of sp³-hybridized carbons (Fsp3) is 0.636. The highest BCUT2D eigenvalue weighted by molar-refractivity contribution is 7.90. The Morgan fingerprint density at radius 2 is 2.21 bits per heavy atom. The van der Waals surface area contributed by atoms with E-state index in [1.165, 1.54) is 24.5 Å². The molecule has 0 spiro atoms. The van der Waals surface area contributed by atoms with Crippen LogP contribution >= 0.6 is 11.3 Å². The second-order valence-corrected chi connectivity index (χ2v) is 7.29. The first kappa shape index (κ1) is 16.1. The maximum Gasteiger partial charge on any atom is 0.225 e. The third-order valence-corrected chi connectivity index (χ3v) is 4.28. The van der Waals surface area contributed by atoms with Gasteiger partial charge in [0.1, 0.15) is 9.84 Å². The number of anilines is 1. The van der Waals surface area contributed by atoms with Gasteiger partial charge in [0.15, 0.2) is 5.13 Å². The lowest BCUT2D eigenvalue weighted by Crippen LogP contribution is -2.28. The number of carbonyl (C=O) groups excluding carboxylic acids is 1. The van der Waals surface area contributed by atoms with Crippen molar-refractivity contribution in [3.8, 4) is 0 Å². The Bertz CT molecular complexity index is 525. The first-order chi connectivity index (χ1) is 8.83. The molecule has 1 aromatic rings. The molecule has 108 valence electrons. The number of aromatic nitrogens is 1. The van der Waals surface area contributed by atoms with Crippen LogP contribution in [0.25, 0.3) is 0 Å². The number of carbonyl (C=O) groups is 1. The molecule has 0 saturated carbocycles. The molecule has 1 amide bonds. The summed E-state index contributed by atoms with van der Waals surface area (Å²) in [6.07, 6.45) is 1.21. The maximum absolute atomic E-state index is 11.4. The molecule has 6 nitrogen and oxygen atoms in total. The Morgan fingerprint density at radius 1 is 1.53 bits per heavy atom. The summed E-state index contributed by atoms with van der Waals surface area (Å²) < 4.78 is 21.9. The van der Waals surface area contributed by atoms with E-state index in [0.717, 1.165) is 5.69 Å². The summed E-state index contributed by atoms with van der Waals surface area (Å²) in [5, 5.41) is 5.56. The number of rotatable bonds is 7. The lowest BCUT2D eigenvalue weighted by atomic mass is 10.5. The minimum Gasteiger partial charge on any atom is -0.310 e. The molecule has 0 unspecified atom stereocenters. The second kappa shape index (κ2) is 6.97. The van der Waals surface area contributed by atoms with E-state index in [1.54, 1.807) is 4.90 Å². The predicted molar refractivity (Wildman–Crippen MR) is 77.2 cm³/mol. The van der Waals surface area contributed by atoms with Crippen LogP contribution in [0.2, 0.25) is 0 Å². The first-order valence-corrected chi connectivity index (χ1v) is 8.88. The van der Waals surface area contributed by atoms with Crippen molar-refractivity contribution in [3.63, 3.8) is 0 Å². The van der Waals surface area contributed by atoms with Crippen molar-refractivity contribution in [2.75, 3.05) is 30.0 Å². The summed E-state index contributed by atoms with van der Waals surface area (Å²) in [7, 11) is -2.94. The van der Waals surface area contributed by atoms with Gasteiger partial charge in [-0.15, -0.1) is 11.3 Å². The van der Waals surface area contributed by atoms with Gasteiger partial charge < -0.3 is 5.32 Å². The van der Waals surface area contributed by atoms with Crippen molar-refractivity contribution in [2.45, 2.75) is 20.4 Å². The molecule has 0 atom stereocenters. The summed E-state index contributed by atoms with van der Waals surface area (Å²) in [6.45, 7) is 4.89. The van der Waals surface area contributed by atoms with E-state index >= 15 is 0 Å². The molecule has 0 aliphatic carbocycles. The zero-order valence-electron chi connectivity index (χ0n) is 11.3. The van der Waals surface area contributed by atoms with Crippen LogP contribution < -0.4 is 10.2 Å². The summed E-state index contributed by atoms with van der Waals surface area (Å²) in [4.78, 5) is 17.3. The molecule has 0 bridgehead atoms. The summed E-state index contributed by atoms with van der Waals surface area (Å²) in [6, 6.07) is 0. The van der Waals surface area contributed by atoms with Gasteiger partial charge in [0.05, 0.1) is 11.4 Å². The Morgan fingerprint density at radius 3 is 2.74 bits per heavy atom. The molecule has 1 aromatic heterocycles. The lowest BCUT2D eigenvalue weighted by molar-refractivity contribution is -0.116. The standard InChI is InChI=1S/C11H19N3O3S2/c1-4-14(9(2)15)11-13-10(8-18-11)7-12-5-6-19(3,16)17/h8,12H,4-7H2,1-3H3. The number of amides is 1. The van der Waals surface area contributed by atoms with Gasteiger partial charge in [0.25, 0.3) is 0 Å². The third-order valence-electron chi connectivity index (χ3n) is 2.42. The van der Waals surface area contributed by atoms with Crippen molar-refractivity contribution in [2.24, 2.45) is 0 Å². The second-order valence-electron chi connectivity index (χ2n) is 4.19. The van der Waals surface area contributed by atoms with E-state index in [-0.39, 0.29) is 11.7 Å². The largest absolute Gasteiger partial charge is 0.310 e. The third kappa shape index (κ3) is 5.66. The zero-order chi connectivity index (χ0) is 14.5. The molecule has 0 radical (unpaired) electrons. The Balaban J connectivity index is 2.49. The van der Waals surface area contributed by atoms with Gasteiger partial charge in [0, 0.05) is 38.2 Å². The first-order valence-electron chi connectivity index (χ1n) is 5.94. The van der Waals surface area contributed by atoms with Gasteiger partial charge in [-0.1, -0.05) is 0 Å². The Hall–Kier alpha value is -0.990. The van der Waals surface area contributed by atoms with Gasteiger partial charge >= 0.3 is 0 Å². The molecule has 1 heterocycles. The molecule has 0 saturated heterocycles. The highest BCUT2D eigenvalue weighted by Gasteiger charge is 2.13. The van der Waals surface area contributed by atoms with Crippen molar-refractivity contribution in [3.05, 3.63) is 11.1 Å². The molecule has 1 rings (SSSR count). The van der Waals surface area contributed by atoms with Gasteiger partial charge in [-0.2, -0.15) is 0 Å². The fourth-order valence-electron chi connectivity index (χ4n) is 1.47. The average Bonchev–Trinajstić information content (AvgIpc) is 2.72. The minimum atomic E-state index is -2.94. The molecule has 0 aromatic carbocycles. The molecular weight excluding hydrogens is 286 g/mol. The topological polar surface area (TPSA) is 79.4 Å². The molecule has 19 heavy (non-hydrogen) atoms. The monoisotopic (exact) mass is 305 g/mol. The van der Waals surface area contributed by atoms with Crippen molar-refractivity contribution in [1.82, 2.24) is 10.3 Å². The van der Waals surface area contributed by atoms with E-state index in [2.05, 4.69) is 10.3 Å². The van der Waals surface area contributed by atoms with E-state index in [1.807, 2.05) is 12.3 Å². The maximum atomic E-state index is 11.4. The molecule has 0 aliphatic heterocycles. The average molecular weight is 305 g/mol. The van der Waals surface area contributed by atoms with E-state index in [0.29, 0.717) is 24.8 Å². The van der Waals surface area contributed by atoms with Crippen molar-refractivity contribution >= 4 is 32.2 Å². The normalized spacial score (nSPS) is 11.5. The van der Waals surface area contributed by atoms with Crippen LogP contribution in [-0.4, -0.2) is 44.4 Å². The summed E-state index contributed by atoms with van der Waals surface area (Å²) in [5.41, 5.74) is 0.813. The Labute approximate surface area is 117 Å².